The van der Waals surface area contributed by atoms with Crippen LogP contribution in [0.25, 0.3) is 11.5 Å². The molecule has 14 heavy (non-hydrogen) atoms. The maximum Gasteiger partial charge on any atom is 0.189 e. The molecule has 2 heterocycles. The third kappa shape index (κ3) is 1.44. The summed E-state index contributed by atoms with van der Waals surface area (Å²) < 4.78 is 5.05. The maximum absolute atomic E-state index is 5.67. The Labute approximate surface area is 81.0 Å². The third-order valence-corrected chi connectivity index (χ3v) is 1.78. The Morgan fingerprint density at radius 1 is 1.29 bits per heavy atom. The lowest BCUT2D eigenvalue weighted by Crippen LogP contribution is -1.97. The topological polar surface area (TPSA) is 77.8 Å². The standard InChI is InChI=1S/C9H10N4O/c1-5-3-7(14-13-5)8-9(10)11-4-6(2)12-8/h3-4H,1-2H3,(H2,10,11). The van der Waals surface area contributed by atoms with Crippen LogP contribution in [0.3, 0.4) is 0 Å². The molecule has 0 atom stereocenters. The maximum atomic E-state index is 5.67. The number of anilines is 1. The molecule has 0 unspecified atom stereocenters. The molecule has 0 aromatic carbocycles. The van der Waals surface area contributed by atoms with E-state index in [4.69, 9.17) is 10.3 Å². The summed E-state index contributed by atoms with van der Waals surface area (Å²) in [6.07, 6.45) is 1.61. The number of nitrogen functional groups attached to an aromatic ring is 1. The Morgan fingerprint density at radius 3 is 2.71 bits per heavy atom. The van der Waals surface area contributed by atoms with Gasteiger partial charge in [-0.1, -0.05) is 5.16 Å². The number of nitrogens with two attached hydrogens (primary N) is 1. The molecule has 0 fully saturated rings. The van der Waals surface area contributed by atoms with Crippen LogP contribution in [0.15, 0.2) is 16.8 Å². The molecule has 0 amide bonds. The largest absolute Gasteiger partial charge is 0.382 e. The van der Waals surface area contributed by atoms with Crippen molar-refractivity contribution in [3.8, 4) is 11.5 Å². The fraction of sp³-hybridized carbons (Fsp3) is 0.222. The summed E-state index contributed by atoms with van der Waals surface area (Å²) in [5.74, 6) is 0.906. The van der Waals surface area contributed by atoms with Gasteiger partial charge in [-0.2, -0.15) is 0 Å². The molecule has 2 rings (SSSR count). The molecule has 2 aromatic heterocycles. The first-order valence-electron chi connectivity index (χ1n) is 4.19. The van der Waals surface area contributed by atoms with Gasteiger partial charge in [0.2, 0.25) is 0 Å². The molecule has 5 nitrogen and oxygen atoms in total. The van der Waals surface area contributed by atoms with Crippen molar-refractivity contribution in [3.63, 3.8) is 0 Å². The first-order valence-corrected chi connectivity index (χ1v) is 4.19. The average Bonchev–Trinajstić information content (AvgIpc) is 2.56. The molecule has 0 aliphatic rings. The van der Waals surface area contributed by atoms with Crippen LogP contribution in [-0.2, 0) is 0 Å². The van der Waals surface area contributed by atoms with E-state index in [9.17, 15) is 0 Å². The van der Waals surface area contributed by atoms with Crippen LogP contribution >= 0.6 is 0 Å². The lowest BCUT2D eigenvalue weighted by Gasteiger charge is -1.99. The van der Waals surface area contributed by atoms with Gasteiger partial charge in [0.15, 0.2) is 17.3 Å². The summed E-state index contributed by atoms with van der Waals surface area (Å²) in [5.41, 5.74) is 7.81. The molecule has 5 heteroatoms. The Balaban J connectivity index is 2.55. The van der Waals surface area contributed by atoms with Gasteiger partial charge in [-0.3, -0.25) is 0 Å². The number of aryl methyl sites for hydroxylation is 2. The summed E-state index contributed by atoms with van der Waals surface area (Å²) >= 11 is 0. The van der Waals surface area contributed by atoms with Crippen molar-refractivity contribution in [2.45, 2.75) is 13.8 Å². The lowest BCUT2D eigenvalue weighted by molar-refractivity contribution is 0.426. The van der Waals surface area contributed by atoms with Crippen molar-refractivity contribution >= 4 is 5.82 Å². The van der Waals surface area contributed by atoms with E-state index in [-0.39, 0.29) is 0 Å². The Bertz CT molecular complexity index is 464. The fourth-order valence-electron chi connectivity index (χ4n) is 1.14. The molecule has 2 aromatic rings. The van der Waals surface area contributed by atoms with Crippen LogP contribution in [0, 0.1) is 13.8 Å². The van der Waals surface area contributed by atoms with E-state index in [1.807, 2.05) is 13.8 Å². The van der Waals surface area contributed by atoms with Crippen molar-refractivity contribution in [2.24, 2.45) is 0 Å². The van der Waals surface area contributed by atoms with E-state index in [1.165, 1.54) is 0 Å². The molecule has 0 bridgehead atoms. The Hall–Kier alpha value is -1.91. The van der Waals surface area contributed by atoms with Gasteiger partial charge in [0, 0.05) is 6.07 Å². The minimum Gasteiger partial charge on any atom is -0.382 e. The second-order valence-electron chi connectivity index (χ2n) is 3.08. The summed E-state index contributed by atoms with van der Waals surface area (Å²) in [7, 11) is 0. The first-order chi connectivity index (χ1) is 6.66. The molecule has 0 spiro atoms. The van der Waals surface area contributed by atoms with E-state index >= 15 is 0 Å². The highest BCUT2D eigenvalue weighted by Gasteiger charge is 2.10. The highest BCUT2D eigenvalue weighted by molar-refractivity contribution is 5.64. The second kappa shape index (κ2) is 3.10. The average molecular weight is 190 g/mol. The number of rotatable bonds is 1. The van der Waals surface area contributed by atoms with Gasteiger partial charge >= 0.3 is 0 Å². The van der Waals surface area contributed by atoms with Gasteiger partial charge < -0.3 is 10.3 Å². The van der Waals surface area contributed by atoms with Crippen LogP contribution in [-0.4, -0.2) is 15.1 Å². The summed E-state index contributed by atoms with van der Waals surface area (Å²) in [4.78, 5) is 8.23. The minimum atomic E-state index is 0.353. The van der Waals surface area contributed by atoms with Crippen LogP contribution in [0.5, 0.6) is 0 Å². The first kappa shape index (κ1) is 8.68. The van der Waals surface area contributed by atoms with Crippen LogP contribution in [0.1, 0.15) is 11.4 Å². The number of aromatic nitrogens is 3. The van der Waals surface area contributed by atoms with Crippen molar-refractivity contribution < 1.29 is 4.52 Å². The quantitative estimate of drug-likeness (QED) is 0.733. The third-order valence-electron chi connectivity index (χ3n) is 1.78. The summed E-state index contributed by atoms with van der Waals surface area (Å²) in [6, 6.07) is 1.78. The van der Waals surface area contributed by atoms with E-state index in [2.05, 4.69) is 15.1 Å². The summed E-state index contributed by atoms with van der Waals surface area (Å²) in [5, 5.41) is 3.77. The number of hydrogen-bond donors (Lipinski definition) is 1. The smallest absolute Gasteiger partial charge is 0.189 e. The highest BCUT2D eigenvalue weighted by Crippen LogP contribution is 2.22. The second-order valence-corrected chi connectivity index (χ2v) is 3.08. The Morgan fingerprint density at radius 2 is 2.07 bits per heavy atom. The van der Waals surface area contributed by atoms with Crippen LogP contribution in [0.2, 0.25) is 0 Å². The molecule has 0 radical (unpaired) electrons. The van der Waals surface area contributed by atoms with Crippen molar-refractivity contribution in [2.75, 3.05) is 5.73 Å². The van der Waals surface area contributed by atoms with Crippen molar-refractivity contribution in [3.05, 3.63) is 23.7 Å². The van der Waals surface area contributed by atoms with Gasteiger partial charge in [0.25, 0.3) is 0 Å². The zero-order valence-electron chi connectivity index (χ0n) is 7.98. The molecule has 0 aliphatic carbocycles. The Kier molecular flexibility index (Phi) is 1.92. The van der Waals surface area contributed by atoms with E-state index in [0.717, 1.165) is 11.4 Å². The van der Waals surface area contributed by atoms with E-state index < -0.39 is 0 Å². The number of hydrogen-bond acceptors (Lipinski definition) is 5. The van der Waals surface area contributed by atoms with Gasteiger partial charge in [0.1, 0.15) is 0 Å². The van der Waals surface area contributed by atoms with E-state index in [0.29, 0.717) is 17.3 Å². The van der Waals surface area contributed by atoms with Gasteiger partial charge in [0.05, 0.1) is 17.6 Å². The minimum absolute atomic E-state index is 0.353. The van der Waals surface area contributed by atoms with Gasteiger partial charge in [-0.15, -0.1) is 0 Å². The predicted octanol–water partition coefficient (Wildman–Crippen LogP) is 1.33. The molecule has 72 valence electrons. The van der Waals surface area contributed by atoms with E-state index in [1.54, 1.807) is 12.3 Å². The molecule has 0 aliphatic heterocycles. The molecule has 2 N–H and O–H groups in total. The normalized spacial score (nSPS) is 10.4. The zero-order valence-corrected chi connectivity index (χ0v) is 7.98. The van der Waals surface area contributed by atoms with Crippen molar-refractivity contribution in [1.82, 2.24) is 15.1 Å². The SMILES string of the molecule is Cc1cc(-c2nc(C)cnc2N)on1. The van der Waals surface area contributed by atoms with Crippen LogP contribution in [0.4, 0.5) is 5.82 Å². The zero-order chi connectivity index (χ0) is 10.1. The van der Waals surface area contributed by atoms with Crippen LogP contribution < -0.4 is 5.73 Å². The number of nitrogens with zero attached hydrogens (tertiary/aromatic N) is 3. The lowest BCUT2D eigenvalue weighted by atomic mass is 10.3. The van der Waals surface area contributed by atoms with Crippen molar-refractivity contribution in [1.29, 1.82) is 0 Å². The summed E-state index contributed by atoms with van der Waals surface area (Å²) in [6.45, 7) is 3.69. The van der Waals surface area contributed by atoms with Gasteiger partial charge in [-0.25, -0.2) is 9.97 Å². The highest BCUT2D eigenvalue weighted by atomic mass is 16.5. The molecule has 0 saturated carbocycles. The fourth-order valence-corrected chi connectivity index (χ4v) is 1.14. The monoisotopic (exact) mass is 190 g/mol. The molecular formula is C9H10N4O. The predicted molar refractivity (Wildman–Crippen MR) is 51.4 cm³/mol. The molecule has 0 saturated heterocycles. The van der Waals surface area contributed by atoms with Gasteiger partial charge in [-0.05, 0) is 13.8 Å². The molecular weight excluding hydrogens is 180 g/mol.